The predicted octanol–water partition coefficient (Wildman–Crippen LogP) is 2.41. The van der Waals surface area contributed by atoms with E-state index in [4.69, 9.17) is 11.0 Å². The molecule has 0 amide bonds. The summed E-state index contributed by atoms with van der Waals surface area (Å²) < 4.78 is 0. The second-order valence-electron chi connectivity index (χ2n) is 4.51. The van der Waals surface area contributed by atoms with Crippen LogP contribution in [-0.4, -0.2) is 18.6 Å². The Morgan fingerprint density at radius 1 is 1.44 bits per heavy atom. The normalized spacial score (nSPS) is 12.1. The van der Waals surface area contributed by atoms with Crippen molar-refractivity contribution in [2.75, 3.05) is 24.2 Å². The Hall–Kier alpha value is -2.28. The number of fused-ring (bicyclic) bond motifs is 1. The standard InChI is InChI=1S/C14H16N4/c1-10(7-15)9-18(2)13-4-3-11-8-17-6-5-12(11)14(13)16/h3-6,8,10H,9,16H2,1-2H3. The molecule has 0 aliphatic rings. The number of nitrogen functional groups attached to an aromatic ring is 1. The van der Waals surface area contributed by atoms with E-state index in [1.807, 2.05) is 37.1 Å². The van der Waals surface area contributed by atoms with Crippen molar-refractivity contribution in [1.82, 2.24) is 4.98 Å². The fourth-order valence-electron chi connectivity index (χ4n) is 2.06. The molecule has 0 bridgehead atoms. The van der Waals surface area contributed by atoms with E-state index in [9.17, 15) is 0 Å². The average Bonchev–Trinajstić information content (AvgIpc) is 2.39. The van der Waals surface area contributed by atoms with Gasteiger partial charge in [-0.15, -0.1) is 0 Å². The first-order valence-corrected chi connectivity index (χ1v) is 5.86. The van der Waals surface area contributed by atoms with Crippen molar-refractivity contribution < 1.29 is 0 Å². The largest absolute Gasteiger partial charge is 0.397 e. The van der Waals surface area contributed by atoms with Crippen molar-refractivity contribution in [3.63, 3.8) is 0 Å². The summed E-state index contributed by atoms with van der Waals surface area (Å²) in [6.45, 7) is 2.56. The van der Waals surface area contributed by atoms with E-state index >= 15 is 0 Å². The van der Waals surface area contributed by atoms with Gasteiger partial charge in [-0.1, -0.05) is 6.07 Å². The highest BCUT2D eigenvalue weighted by atomic mass is 15.1. The van der Waals surface area contributed by atoms with Crippen LogP contribution in [0.5, 0.6) is 0 Å². The van der Waals surface area contributed by atoms with Gasteiger partial charge >= 0.3 is 0 Å². The van der Waals surface area contributed by atoms with E-state index in [0.717, 1.165) is 22.1 Å². The summed E-state index contributed by atoms with van der Waals surface area (Å²) in [5.74, 6) is -0.0254. The van der Waals surface area contributed by atoms with E-state index in [1.165, 1.54) is 0 Å². The molecule has 18 heavy (non-hydrogen) atoms. The number of nitrogens with zero attached hydrogens (tertiary/aromatic N) is 3. The first kappa shape index (κ1) is 12.2. The Bertz CT molecular complexity index is 600. The zero-order valence-corrected chi connectivity index (χ0v) is 10.6. The summed E-state index contributed by atoms with van der Waals surface area (Å²) >= 11 is 0. The summed E-state index contributed by atoms with van der Waals surface area (Å²) in [7, 11) is 1.95. The van der Waals surface area contributed by atoms with Gasteiger partial charge in [-0.25, -0.2) is 0 Å². The summed E-state index contributed by atoms with van der Waals surface area (Å²) in [5, 5.41) is 10.9. The van der Waals surface area contributed by atoms with Crippen LogP contribution in [0.15, 0.2) is 30.6 Å². The van der Waals surface area contributed by atoms with Crippen molar-refractivity contribution >= 4 is 22.1 Å². The van der Waals surface area contributed by atoms with Crippen LogP contribution in [0.2, 0.25) is 0 Å². The highest BCUT2D eigenvalue weighted by molar-refractivity contribution is 5.98. The van der Waals surface area contributed by atoms with Gasteiger partial charge in [0.25, 0.3) is 0 Å². The van der Waals surface area contributed by atoms with Crippen LogP contribution in [0.3, 0.4) is 0 Å². The quantitative estimate of drug-likeness (QED) is 0.837. The Morgan fingerprint density at radius 3 is 2.94 bits per heavy atom. The van der Waals surface area contributed by atoms with Gasteiger partial charge in [-0.05, 0) is 19.1 Å². The van der Waals surface area contributed by atoms with Crippen LogP contribution in [0.25, 0.3) is 10.8 Å². The van der Waals surface area contributed by atoms with Gasteiger partial charge in [-0.3, -0.25) is 4.98 Å². The number of pyridine rings is 1. The molecule has 2 aromatic rings. The molecule has 1 atom stereocenters. The molecule has 0 saturated carbocycles. The third kappa shape index (κ3) is 2.21. The van der Waals surface area contributed by atoms with Gasteiger partial charge < -0.3 is 10.6 Å². The van der Waals surface area contributed by atoms with Crippen molar-refractivity contribution in [2.24, 2.45) is 5.92 Å². The number of rotatable bonds is 3. The molecule has 0 saturated heterocycles. The number of nitriles is 1. The fourth-order valence-corrected chi connectivity index (χ4v) is 2.06. The van der Waals surface area contributed by atoms with E-state index in [2.05, 4.69) is 11.1 Å². The molecule has 4 nitrogen and oxygen atoms in total. The second kappa shape index (κ2) is 4.92. The van der Waals surface area contributed by atoms with Crippen molar-refractivity contribution in [2.45, 2.75) is 6.92 Å². The van der Waals surface area contributed by atoms with Gasteiger partial charge in [0.1, 0.15) is 0 Å². The Kier molecular flexibility index (Phi) is 3.33. The van der Waals surface area contributed by atoms with Crippen LogP contribution in [-0.2, 0) is 0 Å². The molecule has 4 heteroatoms. The number of aromatic nitrogens is 1. The number of nitrogens with two attached hydrogens (primary N) is 1. The maximum absolute atomic E-state index is 8.86. The minimum absolute atomic E-state index is 0.0254. The third-order valence-electron chi connectivity index (χ3n) is 3.02. The van der Waals surface area contributed by atoms with E-state index < -0.39 is 0 Å². The second-order valence-corrected chi connectivity index (χ2v) is 4.51. The monoisotopic (exact) mass is 240 g/mol. The van der Waals surface area contributed by atoms with E-state index in [0.29, 0.717) is 6.54 Å². The van der Waals surface area contributed by atoms with Gasteiger partial charge in [0.05, 0.1) is 23.4 Å². The van der Waals surface area contributed by atoms with Gasteiger partial charge in [0, 0.05) is 36.8 Å². The van der Waals surface area contributed by atoms with Gasteiger partial charge in [0.15, 0.2) is 0 Å². The minimum atomic E-state index is -0.0254. The molecule has 92 valence electrons. The van der Waals surface area contributed by atoms with Crippen LogP contribution in [0.1, 0.15) is 6.92 Å². The maximum atomic E-state index is 8.86. The summed E-state index contributed by atoms with van der Waals surface area (Å²) in [6.07, 6.45) is 3.54. The highest BCUT2D eigenvalue weighted by Crippen LogP contribution is 2.30. The fraction of sp³-hybridized carbons (Fsp3) is 0.286. The lowest BCUT2D eigenvalue weighted by Crippen LogP contribution is -2.24. The van der Waals surface area contributed by atoms with Crippen LogP contribution in [0, 0.1) is 17.2 Å². The first-order valence-electron chi connectivity index (χ1n) is 5.86. The maximum Gasteiger partial charge on any atom is 0.0671 e. The zero-order chi connectivity index (χ0) is 13.1. The number of hydrogen-bond acceptors (Lipinski definition) is 4. The molecule has 0 aliphatic carbocycles. The molecule has 0 radical (unpaired) electrons. The molecular formula is C14H16N4. The summed E-state index contributed by atoms with van der Waals surface area (Å²) in [4.78, 5) is 6.09. The highest BCUT2D eigenvalue weighted by Gasteiger charge is 2.11. The molecule has 1 aromatic carbocycles. The molecule has 2 N–H and O–H groups in total. The zero-order valence-electron chi connectivity index (χ0n) is 10.6. The van der Waals surface area contributed by atoms with Crippen molar-refractivity contribution in [3.8, 4) is 6.07 Å². The SMILES string of the molecule is CC(C#N)CN(C)c1ccc2cnccc2c1N. The van der Waals surface area contributed by atoms with Crippen molar-refractivity contribution in [1.29, 1.82) is 5.26 Å². The van der Waals surface area contributed by atoms with Crippen LogP contribution in [0.4, 0.5) is 11.4 Å². The molecule has 2 rings (SSSR count). The number of benzene rings is 1. The lowest BCUT2D eigenvalue weighted by atomic mass is 10.1. The van der Waals surface area contributed by atoms with E-state index in [1.54, 1.807) is 12.4 Å². The molecule has 1 aromatic heterocycles. The van der Waals surface area contributed by atoms with Gasteiger partial charge in [-0.2, -0.15) is 5.26 Å². The summed E-state index contributed by atoms with van der Waals surface area (Å²) in [5.41, 5.74) is 7.88. The average molecular weight is 240 g/mol. The topological polar surface area (TPSA) is 65.9 Å². The smallest absolute Gasteiger partial charge is 0.0671 e. The van der Waals surface area contributed by atoms with Crippen molar-refractivity contribution in [3.05, 3.63) is 30.6 Å². The predicted molar refractivity (Wildman–Crippen MR) is 74.2 cm³/mol. The van der Waals surface area contributed by atoms with Crippen LogP contribution >= 0.6 is 0 Å². The lowest BCUT2D eigenvalue weighted by molar-refractivity contribution is 0.717. The number of hydrogen-bond donors (Lipinski definition) is 1. The molecule has 0 spiro atoms. The Morgan fingerprint density at radius 2 is 2.22 bits per heavy atom. The minimum Gasteiger partial charge on any atom is -0.397 e. The first-order chi connectivity index (χ1) is 8.63. The molecule has 1 heterocycles. The number of anilines is 2. The molecule has 1 unspecified atom stereocenters. The summed E-state index contributed by atoms with van der Waals surface area (Å²) in [6, 6.07) is 8.12. The molecule has 0 fully saturated rings. The lowest BCUT2D eigenvalue weighted by Gasteiger charge is -2.22. The Labute approximate surface area is 107 Å². The van der Waals surface area contributed by atoms with Gasteiger partial charge in [0.2, 0.25) is 0 Å². The molecule has 0 aliphatic heterocycles. The third-order valence-corrected chi connectivity index (χ3v) is 3.02. The van der Waals surface area contributed by atoms with Crippen LogP contribution < -0.4 is 10.6 Å². The Balaban J connectivity index is 2.40. The van der Waals surface area contributed by atoms with E-state index in [-0.39, 0.29) is 5.92 Å². The molecular weight excluding hydrogens is 224 g/mol.